The van der Waals surface area contributed by atoms with Crippen molar-refractivity contribution in [2.24, 2.45) is 0 Å². The summed E-state index contributed by atoms with van der Waals surface area (Å²) in [7, 11) is 0. The molecule has 1 fully saturated rings. The molecule has 1 aliphatic rings. The number of carbonyl (C=O) groups is 2. The van der Waals surface area contributed by atoms with Gasteiger partial charge in [0.25, 0.3) is 5.91 Å². The lowest BCUT2D eigenvalue weighted by Crippen LogP contribution is -2.29. The van der Waals surface area contributed by atoms with Crippen LogP contribution in [0.5, 0.6) is 0 Å². The number of nitrogens with zero attached hydrogens (tertiary/aromatic N) is 5. The van der Waals surface area contributed by atoms with E-state index in [2.05, 4.69) is 25.4 Å². The lowest BCUT2D eigenvalue weighted by molar-refractivity contribution is -0.143. The maximum Gasteiger partial charge on any atom is 0.416 e. The average Bonchev–Trinajstić information content (AvgIpc) is 3.55. The zero-order valence-corrected chi connectivity index (χ0v) is 18.2. The molecule has 2 N–H and O–H groups in total. The summed E-state index contributed by atoms with van der Waals surface area (Å²) in [6, 6.07) is -0.456. The highest BCUT2D eigenvalue weighted by molar-refractivity contribution is 5.95. The molecule has 1 saturated carbocycles. The van der Waals surface area contributed by atoms with Crippen LogP contribution in [0.25, 0.3) is 5.82 Å². The van der Waals surface area contributed by atoms with Crippen LogP contribution in [0.1, 0.15) is 75.3 Å². The van der Waals surface area contributed by atoms with E-state index in [0.29, 0.717) is 18.0 Å². The van der Waals surface area contributed by atoms with Crippen LogP contribution in [0.2, 0.25) is 0 Å². The first-order valence-electron chi connectivity index (χ1n) is 10.4. The first-order chi connectivity index (χ1) is 16.7. The highest BCUT2D eigenvalue weighted by Gasteiger charge is 2.38. The van der Waals surface area contributed by atoms with E-state index in [-0.39, 0.29) is 29.3 Å². The molecule has 15 heteroatoms. The molecule has 36 heavy (non-hydrogen) atoms. The summed E-state index contributed by atoms with van der Waals surface area (Å²) in [6.07, 6.45) is -6.53. The fraction of sp³-hybridized carbons (Fsp3) is 0.333. The van der Waals surface area contributed by atoms with Crippen molar-refractivity contribution >= 4 is 11.9 Å². The molecule has 1 atom stereocenters. The van der Waals surface area contributed by atoms with Gasteiger partial charge in [0.1, 0.15) is 0 Å². The van der Waals surface area contributed by atoms with Gasteiger partial charge in [0, 0.05) is 11.5 Å². The van der Waals surface area contributed by atoms with Crippen LogP contribution in [-0.4, -0.2) is 41.7 Å². The zero-order chi connectivity index (χ0) is 26.4. The Morgan fingerprint density at radius 1 is 1.03 bits per heavy atom. The van der Waals surface area contributed by atoms with E-state index in [1.54, 1.807) is 0 Å². The molecule has 1 aromatic carbocycles. The number of carbonyl (C=O) groups excluding carboxylic acids is 1. The number of rotatable bonds is 6. The summed E-state index contributed by atoms with van der Waals surface area (Å²) in [5.41, 5.74) is -4.43. The molecule has 0 spiro atoms. The molecule has 2 aromatic heterocycles. The second kappa shape index (κ2) is 8.87. The molecule has 3 aromatic rings. The zero-order valence-electron chi connectivity index (χ0n) is 18.2. The number of benzene rings is 1. The largest absolute Gasteiger partial charge is 0.476 e. The summed E-state index contributed by atoms with van der Waals surface area (Å²) < 4.78 is 80.1. The Morgan fingerprint density at radius 2 is 1.64 bits per heavy atom. The number of hydrogen-bond acceptors (Lipinski definition) is 6. The highest BCUT2D eigenvalue weighted by Crippen LogP contribution is 2.39. The maximum atomic E-state index is 13.2. The van der Waals surface area contributed by atoms with Crippen molar-refractivity contribution in [2.45, 2.75) is 44.1 Å². The van der Waals surface area contributed by atoms with Gasteiger partial charge in [-0.3, -0.25) is 4.79 Å². The van der Waals surface area contributed by atoms with E-state index in [1.807, 2.05) is 0 Å². The molecule has 4 rings (SSSR count). The molecule has 9 nitrogen and oxygen atoms in total. The topological polar surface area (TPSA) is 123 Å². The number of hydrogen-bond donors (Lipinski definition) is 2. The predicted octanol–water partition coefficient (Wildman–Crippen LogP) is 4.16. The van der Waals surface area contributed by atoms with Gasteiger partial charge in [-0.1, -0.05) is 0 Å². The second-order valence-electron chi connectivity index (χ2n) is 8.07. The Bertz CT molecular complexity index is 1280. The van der Waals surface area contributed by atoms with E-state index >= 15 is 0 Å². The molecule has 0 radical (unpaired) electrons. The summed E-state index contributed by atoms with van der Waals surface area (Å²) in [5.74, 6) is -1.95. The molecule has 190 valence electrons. The van der Waals surface area contributed by atoms with E-state index in [4.69, 9.17) is 5.11 Å². The molecule has 1 aliphatic carbocycles. The lowest BCUT2D eigenvalue weighted by atomic mass is 10.0. The Kier molecular flexibility index (Phi) is 6.18. The normalized spacial score (nSPS) is 15.0. The standard InChI is InChI=1S/C21H16F6N6O3/c1-9(30-18(34)11-4-12(20(22,23)24)6-13(5-11)21(25,26)27)17-31-16(10-2-3-10)32-33(17)15-8-28-14(7-29-15)19(35)36/h4-10H,2-3H2,1H3,(H,30,34)(H,35,36)/t9-/m0/s1. The van der Waals surface area contributed by atoms with Gasteiger partial charge in [-0.2, -0.15) is 31.0 Å². The molecule has 0 bridgehead atoms. The Labute approximate surface area is 198 Å². The van der Waals surface area contributed by atoms with Crippen molar-refractivity contribution in [2.75, 3.05) is 0 Å². The third-order valence-corrected chi connectivity index (χ3v) is 5.25. The minimum Gasteiger partial charge on any atom is -0.476 e. The number of amides is 1. The third-order valence-electron chi connectivity index (χ3n) is 5.25. The number of carboxylic acid groups (broad SMARTS) is 1. The van der Waals surface area contributed by atoms with Crippen molar-refractivity contribution in [1.29, 1.82) is 0 Å². The number of nitrogens with one attached hydrogen (secondary N) is 1. The Balaban J connectivity index is 1.66. The molecule has 0 saturated heterocycles. The molecule has 2 heterocycles. The number of halogens is 6. The van der Waals surface area contributed by atoms with Gasteiger partial charge in [0.05, 0.1) is 29.6 Å². The Morgan fingerprint density at radius 3 is 2.11 bits per heavy atom. The fourth-order valence-corrected chi connectivity index (χ4v) is 3.28. The molecule has 0 aliphatic heterocycles. The van der Waals surface area contributed by atoms with Gasteiger partial charge < -0.3 is 10.4 Å². The summed E-state index contributed by atoms with van der Waals surface area (Å²) in [6.45, 7) is 1.41. The van der Waals surface area contributed by atoms with Crippen LogP contribution in [0.3, 0.4) is 0 Å². The first kappa shape index (κ1) is 25.1. The lowest BCUT2D eigenvalue weighted by Gasteiger charge is -2.17. The van der Waals surface area contributed by atoms with Gasteiger partial charge in [-0.25, -0.2) is 19.7 Å². The maximum absolute atomic E-state index is 13.2. The summed E-state index contributed by atoms with van der Waals surface area (Å²) >= 11 is 0. The SMILES string of the molecule is C[C@H](NC(=O)c1cc(C(F)(F)F)cc(C(F)(F)F)c1)c1nc(C2CC2)nn1-c1cnc(C(=O)O)cn1. The van der Waals surface area contributed by atoms with Gasteiger partial charge >= 0.3 is 18.3 Å². The van der Waals surface area contributed by atoms with Crippen LogP contribution in [-0.2, 0) is 12.4 Å². The number of alkyl halides is 6. The molecule has 1 amide bonds. The van der Waals surface area contributed by atoms with Crippen molar-refractivity contribution in [3.63, 3.8) is 0 Å². The minimum atomic E-state index is -5.11. The van der Waals surface area contributed by atoms with Crippen LogP contribution >= 0.6 is 0 Å². The number of carboxylic acids is 1. The average molecular weight is 514 g/mol. The number of aromatic carboxylic acids is 1. The smallest absolute Gasteiger partial charge is 0.416 e. The molecular formula is C21H16F6N6O3. The molecular weight excluding hydrogens is 498 g/mol. The highest BCUT2D eigenvalue weighted by atomic mass is 19.4. The first-order valence-corrected chi connectivity index (χ1v) is 10.4. The van der Waals surface area contributed by atoms with Crippen LogP contribution in [0.4, 0.5) is 26.3 Å². The van der Waals surface area contributed by atoms with E-state index in [1.165, 1.54) is 11.6 Å². The van der Waals surface area contributed by atoms with Crippen molar-refractivity contribution < 1.29 is 41.0 Å². The van der Waals surface area contributed by atoms with Crippen molar-refractivity contribution in [1.82, 2.24) is 30.0 Å². The van der Waals surface area contributed by atoms with Crippen LogP contribution < -0.4 is 5.32 Å². The van der Waals surface area contributed by atoms with Crippen molar-refractivity contribution in [3.05, 3.63) is 64.6 Å². The van der Waals surface area contributed by atoms with E-state index in [0.717, 1.165) is 25.2 Å². The summed E-state index contributed by atoms with van der Waals surface area (Å²) in [4.78, 5) is 35.8. The second-order valence-corrected chi connectivity index (χ2v) is 8.07. The monoisotopic (exact) mass is 514 g/mol. The van der Waals surface area contributed by atoms with Crippen molar-refractivity contribution in [3.8, 4) is 5.82 Å². The quantitative estimate of drug-likeness (QED) is 0.474. The Hall–Kier alpha value is -4.04. The third kappa shape index (κ3) is 5.28. The van der Waals surface area contributed by atoms with Gasteiger partial charge in [-0.05, 0) is 38.0 Å². The van der Waals surface area contributed by atoms with Gasteiger partial charge in [0.15, 0.2) is 23.2 Å². The summed E-state index contributed by atoms with van der Waals surface area (Å²) in [5, 5.41) is 15.7. The van der Waals surface area contributed by atoms with E-state index in [9.17, 15) is 35.9 Å². The van der Waals surface area contributed by atoms with Crippen LogP contribution in [0, 0.1) is 0 Å². The molecule has 0 unspecified atom stereocenters. The van der Waals surface area contributed by atoms with E-state index < -0.39 is 47.0 Å². The van der Waals surface area contributed by atoms with Crippen LogP contribution in [0.15, 0.2) is 30.6 Å². The van der Waals surface area contributed by atoms with Gasteiger partial charge in [0.2, 0.25) is 0 Å². The van der Waals surface area contributed by atoms with Gasteiger partial charge in [-0.15, -0.1) is 5.10 Å². The predicted molar refractivity (Wildman–Crippen MR) is 108 cm³/mol. The number of aromatic nitrogens is 5. The minimum absolute atomic E-state index is 0.0389. The fourth-order valence-electron chi connectivity index (χ4n) is 3.28.